The molecule has 0 saturated carbocycles. The van der Waals surface area contributed by atoms with E-state index < -0.39 is 0 Å². The summed E-state index contributed by atoms with van der Waals surface area (Å²) >= 11 is 0. The maximum Gasteiger partial charge on any atom is 0.138 e. The molecule has 46 heavy (non-hydrogen) atoms. The van der Waals surface area contributed by atoms with Crippen molar-refractivity contribution in [2.24, 2.45) is 0 Å². The van der Waals surface area contributed by atoms with E-state index in [9.17, 15) is 0 Å². The Morgan fingerprint density at radius 2 is 1.15 bits per heavy atom. The molecule has 0 aliphatic carbocycles. The minimum atomic E-state index is 0.366. The Morgan fingerprint density at radius 3 is 1.91 bits per heavy atom. The van der Waals surface area contributed by atoms with Gasteiger partial charge in [0.05, 0.1) is 1.37 Å². The van der Waals surface area contributed by atoms with Crippen LogP contribution < -0.4 is 0 Å². The summed E-state index contributed by atoms with van der Waals surface area (Å²) in [6.07, 6.45) is 0. The van der Waals surface area contributed by atoms with Gasteiger partial charge in [-0.1, -0.05) is 147 Å². The third-order valence-corrected chi connectivity index (χ3v) is 9.55. The Kier molecular flexibility index (Phi) is 5.83. The highest BCUT2D eigenvalue weighted by Crippen LogP contribution is 2.47. The second-order valence-electron chi connectivity index (χ2n) is 12.6. The van der Waals surface area contributed by atoms with Gasteiger partial charge in [-0.2, -0.15) is 0 Å². The van der Waals surface area contributed by atoms with Gasteiger partial charge in [0.2, 0.25) is 0 Å². The van der Waals surface area contributed by atoms with Crippen LogP contribution in [0, 0.1) is 0 Å². The molecule has 1 aromatic heterocycles. The first-order chi connectivity index (χ1) is 23.0. The molecule has 0 saturated heterocycles. The van der Waals surface area contributed by atoms with E-state index in [2.05, 4.69) is 141 Å². The maximum atomic E-state index is 8.01. The van der Waals surface area contributed by atoms with Crippen molar-refractivity contribution < 1.29 is 5.79 Å². The largest absolute Gasteiger partial charge is 0.456 e. The zero-order chi connectivity index (χ0) is 31.6. The van der Waals surface area contributed by atoms with Gasteiger partial charge in [-0.05, 0) is 95.4 Å². The summed E-state index contributed by atoms with van der Waals surface area (Å²) in [7, 11) is 0. The molecule has 0 amide bonds. The van der Waals surface area contributed by atoms with Gasteiger partial charge in [-0.3, -0.25) is 0 Å². The highest BCUT2D eigenvalue weighted by molar-refractivity contribution is 6.25. The van der Waals surface area contributed by atoms with Gasteiger partial charge in [-0.15, -0.1) is 0 Å². The molecule has 0 unspecified atom stereocenters. The van der Waals surface area contributed by atoms with Crippen LogP contribution in [-0.4, -0.2) is 0 Å². The molecule has 0 atom stereocenters. The van der Waals surface area contributed by atoms with Crippen molar-refractivity contribution in [3.05, 3.63) is 157 Å². The number of hydrogen-bond acceptors (Lipinski definition) is 1. The average molecular weight is 590 g/mol. The summed E-state index contributed by atoms with van der Waals surface area (Å²) in [6, 6.07) is 52.6. The highest BCUT2D eigenvalue weighted by Gasteiger charge is 2.21. The molecule has 1 nitrogen and oxygen atoms in total. The van der Waals surface area contributed by atoms with Crippen molar-refractivity contribution in [1.82, 2.24) is 0 Å². The number of rotatable bonds is 4. The Labute approximate surface area is 269 Å². The van der Waals surface area contributed by atoms with Crippen LogP contribution in [-0.2, 0) is 0 Å². The average Bonchev–Trinajstić information content (AvgIpc) is 3.49. The Balaban J connectivity index is 1.32. The number of benzene rings is 8. The summed E-state index contributed by atoms with van der Waals surface area (Å²) < 4.78 is 14.6. The van der Waals surface area contributed by atoms with Crippen LogP contribution in [0.15, 0.2) is 156 Å². The van der Waals surface area contributed by atoms with E-state index >= 15 is 0 Å². The lowest BCUT2D eigenvalue weighted by Crippen LogP contribution is -1.92. The molecule has 9 aromatic rings. The zero-order valence-electron chi connectivity index (χ0n) is 26.8. The van der Waals surface area contributed by atoms with Gasteiger partial charge < -0.3 is 4.42 Å². The van der Waals surface area contributed by atoms with Gasteiger partial charge >= 0.3 is 0 Å². The minimum absolute atomic E-state index is 0.366. The molecule has 0 N–H and O–H groups in total. The van der Waals surface area contributed by atoms with Crippen LogP contribution in [0.3, 0.4) is 0 Å². The van der Waals surface area contributed by atoms with Crippen molar-refractivity contribution in [1.29, 1.82) is 0 Å². The van der Waals surface area contributed by atoms with E-state index in [1.54, 1.807) is 0 Å². The zero-order valence-corrected chi connectivity index (χ0v) is 25.8. The van der Waals surface area contributed by atoms with E-state index in [4.69, 9.17) is 5.79 Å². The van der Waals surface area contributed by atoms with Crippen molar-refractivity contribution in [3.8, 4) is 33.4 Å². The maximum absolute atomic E-state index is 8.01. The molecule has 1 heteroatoms. The second-order valence-corrected chi connectivity index (χ2v) is 12.6. The standard InChI is InChI=1S/C45H32O/c1-28(2)34-20-10-22-40-44-39(21-11-23-41(44)46-45(34)40)43-37-18-7-5-16-35(37)42(36-17-6-8-19-38(36)43)33-15-9-14-31(27-33)32-25-24-29-12-3-4-13-30(29)26-32/h3-28H,1-2H3/i3D. The van der Waals surface area contributed by atoms with Crippen LogP contribution in [0.2, 0.25) is 0 Å². The molecular formula is C45H32O. The molecule has 8 aromatic carbocycles. The van der Waals surface area contributed by atoms with Gasteiger partial charge in [0.25, 0.3) is 0 Å². The number of fused-ring (bicyclic) bond motifs is 6. The van der Waals surface area contributed by atoms with E-state index in [0.717, 1.165) is 21.9 Å². The van der Waals surface area contributed by atoms with E-state index in [1.807, 2.05) is 18.2 Å². The normalized spacial score (nSPS) is 12.2. The number of furan rings is 1. The quantitative estimate of drug-likeness (QED) is 0.186. The fraction of sp³-hybridized carbons (Fsp3) is 0.0667. The fourth-order valence-corrected chi connectivity index (χ4v) is 7.42. The van der Waals surface area contributed by atoms with Gasteiger partial charge in [0.1, 0.15) is 11.2 Å². The lowest BCUT2D eigenvalue weighted by atomic mass is 9.84. The molecule has 218 valence electrons. The Bertz CT molecular complexity index is 2620. The summed E-state index contributed by atoms with van der Waals surface area (Å²) in [5, 5.41) is 9.48. The van der Waals surface area contributed by atoms with E-state index in [1.165, 1.54) is 71.3 Å². The monoisotopic (exact) mass is 589 g/mol. The minimum Gasteiger partial charge on any atom is -0.456 e. The second kappa shape index (κ2) is 10.5. The Morgan fingerprint density at radius 1 is 0.500 bits per heavy atom. The van der Waals surface area contributed by atoms with E-state index in [0.29, 0.717) is 12.0 Å². The van der Waals surface area contributed by atoms with Crippen LogP contribution in [0.5, 0.6) is 0 Å². The first kappa shape index (κ1) is 25.6. The topological polar surface area (TPSA) is 13.1 Å². The third kappa shape index (κ3) is 4.09. The van der Waals surface area contributed by atoms with Crippen molar-refractivity contribution in [2.75, 3.05) is 0 Å². The fourth-order valence-electron chi connectivity index (χ4n) is 7.42. The first-order valence-electron chi connectivity index (χ1n) is 16.5. The molecular weight excluding hydrogens is 556 g/mol. The molecule has 0 aliphatic heterocycles. The lowest BCUT2D eigenvalue weighted by Gasteiger charge is -2.18. The van der Waals surface area contributed by atoms with E-state index in [-0.39, 0.29) is 0 Å². The summed E-state index contributed by atoms with van der Waals surface area (Å²) in [5.41, 5.74) is 10.4. The summed E-state index contributed by atoms with van der Waals surface area (Å²) in [6.45, 7) is 4.46. The van der Waals surface area contributed by atoms with Gasteiger partial charge in [0.15, 0.2) is 0 Å². The van der Waals surface area contributed by atoms with Gasteiger partial charge in [-0.25, -0.2) is 0 Å². The SMILES string of the molecule is [2H]c1ccc2cc(-c3cccc(-c4c5ccccc5c(-c5cccc6oc7c(C(C)C)cccc7c56)c5ccccc45)c3)ccc2c1. The molecule has 1 heterocycles. The van der Waals surface area contributed by atoms with Crippen LogP contribution >= 0.6 is 0 Å². The predicted molar refractivity (Wildman–Crippen MR) is 197 cm³/mol. The molecule has 9 rings (SSSR count). The third-order valence-electron chi connectivity index (χ3n) is 9.55. The summed E-state index contributed by atoms with van der Waals surface area (Å²) in [4.78, 5) is 0. The molecule has 0 spiro atoms. The Hall–Kier alpha value is -5.66. The number of para-hydroxylation sites is 1. The van der Waals surface area contributed by atoms with Gasteiger partial charge in [0, 0.05) is 10.8 Å². The van der Waals surface area contributed by atoms with Crippen LogP contribution in [0.4, 0.5) is 0 Å². The lowest BCUT2D eigenvalue weighted by molar-refractivity contribution is 0.657. The highest BCUT2D eigenvalue weighted by atomic mass is 16.3. The smallest absolute Gasteiger partial charge is 0.138 e. The van der Waals surface area contributed by atoms with Crippen molar-refractivity contribution >= 4 is 54.3 Å². The van der Waals surface area contributed by atoms with Crippen molar-refractivity contribution in [2.45, 2.75) is 19.8 Å². The molecule has 0 fully saturated rings. The summed E-state index contributed by atoms with van der Waals surface area (Å²) in [5.74, 6) is 0.366. The first-order valence-corrected chi connectivity index (χ1v) is 16.0. The van der Waals surface area contributed by atoms with Crippen LogP contribution in [0.1, 0.15) is 26.7 Å². The number of hydrogen-bond donors (Lipinski definition) is 0. The predicted octanol–water partition coefficient (Wildman–Crippen LogP) is 13.2. The molecule has 0 radical (unpaired) electrons. The molecule has 0 aliphatic rings. The van der Waals surface area contributed by atoms with Crippen molar-refractivity contribution in [3.63, 3.8) is 0 Å². The van der Waals surface area contributed by atoms with Crippen LogP contribution in [0.25, 0.3) is 87.6 Å². The molecule has 0 bridgehead atoms.